The van der Waals surface area contributed by atoms with E-state index in [2.05, 4.69) is 15.6 Å². The highest BCUT2D eigenvalue weighted by molar-refractivity contribution is 5.96. The van der Waals surface area contributed by atoms with Crippen molar-refractivity contribution < 1.29 is 4.79 Å². The zero-order valence-corrected chi connectivity index (χ0v) is 12.6. The van der Waals surface area contributed by atoms with Gasteiger partial charge in [-0.25, -0.2) is 0 Å². The van der Waals surface area contributed by atoms with Gasteiger partial charge < -0.3 is 15.6 Å². The van der Waals surface area contributed by atoms with Gasteiger partial charge in [-0.1, -0.05) is 0 Å². The van der Waals surface area contributed by atoms with Gasteiger partial charge in [0.25, 0.3) is 5.91 Å². The van der Waals surface area contributed by atoms with Crippen molar-refractivity contribution in [2.45, 2.75) is 44.7 Å². The standard InChI is InChI=1S/C16H24N4O/c1-11-9-13(19-17)4-5-15(11)16(21)18-12-6-8-20-7-2-3-14(20)10-12/h4-5,9,12,14,19H,2-3,6-8,10,17H2,1H3,(H,18,21). The van der Waals surface area contributed by atoms with Gasteiger partial charge in [0.05, 0.1) is 0 Å². The number of amides is 1. The Morgan fingerprint density at radius 3 is 2.95 bits per heavy atom. The van der Waals surface area contributed by atoms with Crippen LogP contribution in [0.4, 0.5) is 5.69 Å². The number of nitrogens with zero attached hydrogens (tertiary/aromatic N) is 1. The maximum Gasteiger partial charge on any atom is 0.251 e. The molecule has 0 radical (unpaired) electrons. The van der Waals surface area contributed by atoms with Gasteiger partial charge in [0.15, 0.2) is 0 Å². The quantitative estimate of drug-likeness (QED) is 0.584. The van der Waals surface area contributed by atoms with E-state index in [0.717, 1.165) is 36.2 Å². The molecule has 1 amide bonds. The first-order valence-corrected chi connectivity index (χ1v) is 7.79. The summed E-state index contributed by atoms with van der Waals surface area (Å²) >= 11 is 0. The van der Waals surface area contributed by atoms with E-state index in [4.69, 9.17) is 5.84 Å². The first-order valence-electron chi connectivity index (χ1n) is 7.79. The van der Waals surface area contributed by atoms with Gasteiger partial charge in [-0.3, -0.25) is 10.6 Å². The van der Waals surface area contributed by atoms with Crippen LogP contribution in [0.15, 0.2) is 18.2 Å². The summed E-state index contributed by atoms with van der Waals surface area (Å²) < 4.78 is 0. The lowest BCUT2D eigenvalue weighted by molar-refractivity contribution is 0.0895. The van der Waals surface area contributed by atoms with Crippen LogP contribution < -0.4 is 16.6 Å². The summed E-state index contributed by atoms with van der Waals surface area (Å²) in [6.07, 6.45) is 4.73. The number of carbonyl (C=O) groups excluding carboxylic acids is 1. The summed E-state index contributed by atoms with van der Waals surface area (Å²) in [5, 5.41) is 3.21. The maximum absolute atomic E-state index is 12.4. The Kier molecular flexibility index (Phi) is 4.12. The van der Waals surface area contributed by atoms with Gasteiger partial charge in [-0.2, -0.15) is 0 Å². The molecule has 0 saturated carbocycles. The largest absolute Gasteiger partial charge is 0.349 e. The Labute approximate surface area is 125 Å². The molecule has 21 heavy (non-hydrogen) atoms. The molecule has 2 heterocycles. The lowest BCUT2D eigenvalue weighted by Gasteiger charge is -2.35. The van der Waals surface area contributed by atoms with Crippen molar-refractivity contribution in [3.8, 4) is 0 Å². The van der Waals surface area contributed by atoms with Crippen molar-refractivity contribution in [1.82, 2.24) is 10.2 Å². The normalized spacial score (nSPS) is 25.4. The van der Waals surface area contributed by atoms with Crippen LogP contribution in [0.3, 0.4) is 0 Å². The molecular formula is C16H24N4O. The second-order valence-corrected chi connectivity index (χ2v) is 6.20. The number of hydrogen-bond acceptors (Lipinski definition) is 4. The van der Waals surface area contributed by atoms with Crippen molar-refractivity contribution in [2.75, 3.05) is 18.5 Å². The van der Waals surface area contributed by atoms with Gasteiger partial charge in [0.1, 0.15) is 0 Å². The van der Waals surface area contributed by atoms with E-state index in [1.165, 1.54) is 19.4 Å². The fraction of sp³-hybridized carbons (Fsp3) is 0.562. The van der Waals surface area contributed by atoms with Crippen molar-refractivity contribution in [1.29, 1.82) is 0 Å². The molecule has 0 aliphatic carbocycles. The summed E-state index contributed by atoms with van der Waals surface area (Å²) in [5.74, 6) is 5.42. The molecule has 0 aromatic heterocycles. The smallest absolute Gasteiger partial charge is 0.251 e. The van der Waals surface area contributed by atoms with Crippen molar-refractivity contribution in [3.05, 3.63) is 29.3 Å². The average molecular weight is 288 g/mol. The number of nitrogens with two attached hydrogens (primary N) is 1. The minimum Gasteiger partial charge on any atom is -0.349 e. The molecule has 0 spiro atoms. The number of piperidine rings is 1. The van der Waals surface area contributed by atoms with Crippen molar-refractivity contribution in [2.24, 2.45) is 5.84 Å². The minimum absolute atomic E-state index is 0.0347. The van der Waals surface area contributed by atoms with Crippen molar-refractivity contribution in [3.63, 3.8) is 0 Å². The molecule has 2 aliphatic rings. The van der Waals surface area contributed by atoms with Crippen LogP contribution in [0, 0.1) is 6.92 Å². The molecule has 5 heteroatoms. The van der Waals surface area contributed by atoms with Gasteiger partial charge >= 0.3 is 0 Å². The summed E-state index contributed by atoms with van der Waals surface area (Å²) in [7, 11) is 0. The number of aryl methyl sites for hydroxylation is 1. The van der Waals surface area contributed by atoms with Crippen LogP contribution in [0.1, 0.15) is 41.6 Å². The van der Waals surface area contributed by atoms with Crippen LogP contribution in [-0.4, -0.2) is 36.0 Å². The van der Waals surface area contributed by atoms with Crippen LogP contribution in [0.25, 0.3) is 0 Å². The minimum atomic E-state index is 0.0347. The van der Waals surface area contributed by atoms with Crippen LogP contribution in [0.5, 0.6) is 0 Å². The van der Waals surface area contributed by atoms with Gasteiger partial charge in [-0.15, -0.1) is 0 Å². The fourth-order valence-electron chi connectivity index (χ4n) is 3.63. The van der Waals surface area contributed by atoms with E-state index >= 15 is 0 Å². The summed E-state index contributed by atoms with van der Waals surface area (Å²) in [6.45, 7) is 4.29. The molecule has 2 aliphatic heterocycles. The monoisotopic (exact) mass is 288 g/mol. The predicted octanol–water partition coefficient (Wildman–Crippen LogP) is 1.64. The molecule has 2 saturated heterocycles. The Morgan fingerprint density at radius 1 is 1.33 bits per heavy atom. The Balaban J connectivity index is 1.63. The van der Waals surface area contributed by atoms with E-state index in [1.807, 2.05) is 25.1 Å². The third kappa shape index (κ3) is 3.04. The van der Waals surface area contributed by atoms with Crippen LogP contribution in [-0.2, 0) is 0 Å². The van der Waals surface area contributed by atoms with Gasteiger partial charge in [-0.05, 0) is 62.9 Å². The molecule has 4 N–H and O–H groups in total. The van der Waals surface area contributed by atoms with Gasteiger partial charge in [0.2, 0.25) is 0 Å². The average Bonchev–Trinajstić information content (AvgIpc) is 2.94. The first kappa shape index (κ1) is 14.4. The Hall–Kier alpha value is -1.59. The molecule has 5 nitrogen and oxygen atoms in total. The maximum atomic E-state index is 12.4. The SMILES string of the molecule is Cc1cc(NN)ccc1C(=O)NC1CCN2CCCC2C1. The number of rotatable bonds is 3. The molecular weight excluding hydrogens is 264 g/mol. The fourth-order valence-corrected chi connectivity index (χ4v) is 3.63. The highest BCUT2D eigenvalue weighted by atomic mass is 16.1. The number of hydrazine groups is 1. The summed E-state index contributed by atoms with van der Waals surface area (Å²) in [4.78, 5) is 15.0. The summed E-state index contributed by atoms with van der Waals surface area (Å²) in [6, 6.07) is 6.55. The number of fused-ring (bicyclic) bond motifs is 1. The third-order valence-corrected chi connectivity index (χ3v) is 4.79. The lowest BCUT2D eigenvalue weighted by atomic mass is 9.97. The molecule has 3 rings (SSSR count). The number of anilines is 1. The van der Waals surface area contributed by atoms with E-state index < -0.39 is 0 Å². The number of benzene rings is 1. The number of nitrogens with one attached hydrogen (secondary N) is 2. The second-order valence-electron chi connectivity index (χ2n) is 6.20. The molecule has 2 atom stereocenters. The number of nitrogen functional groups attached to an aromatic ring is 1. The Morgan fingerprint density at radius 2 is 2.19 bits per heavy atom. The lowest BCUT2D eigenvalue weighted by Crippen LogP contribution is -2.47. The third-order valence-electron chi connectivity index (χ3n) is 4.79. The highest BCUT2D eigenvalue weighted by Crippen LogP contribution is 2.27. The zero-order chi connectivity index (χ0) is 14.8. The second kappa shape index (κ2) is 6.03. The van der Waals surface area contributed by atoms with Crippen molar-refractivity contribution >= 4 is 11.6 Å². The Bertz CT molecular complexity index is 531. The highest BCUT2D eigenvalue weighted by Gasteiger charge is 2.32. The summed E-state index contributed by atoms with van der Waals surface area (Å²) in [5.41, 5.74) is 5.11. The molecule has 114 valence electrons. The van der Waals surface area contributed by atoms with Crippen LogP contribution in [0.2, 0.25) is 0 Å². The zero-order valence-electron chi connectivity index (χ0n) is 12.6. The molecule has 1 aromatic carbocycles. The van der Waals surface area contributed by atoms with E-state index in [-0.39, 0.29) is 5.91 Å². The molecule has 2 fully saturated rings. The topological polar surface area (TPSA) is 70.4 Å². The molecule has 1 aromatic rings. The van der Waals surface area contributed by atoms with E-state index in [1.54, 1.807) is 0 Å². The van der Waals surface area contributed by atoms with E-state index in [0.29, 0.717) is 12.1 Å². The van der Waals surface area contributed by atoms with Crippen LogP contribution >= 0.6 is 0 Å². The van der Waals surface area contributed by atoms with E-state index in [9.17, 15) is 4.79 Å². The first-order chi connectivity index (χ1) is 10.2. The molecule has 0 bridgehead atoms. The predicted molar refractivity (Wildman–Crippen MR) is 84.1 cm³/mol. The van der Waals surface area contributed by atoms with Gasteiger partial charge in [0, 0.05) is 29.9 Å². The number of hydrogen-bond donors (Lipinski definition) is 3. The molecule has 2 unspecified atom stereocenters. The number of carbonyl (C=O) groups is 1.